The molecular weight excluding hydrogens is 675 g/mol. The predicted octanol–water partition coefficient (Wildman–Crippen LogP) is 8.21. The fourth-order valence-corrected chi connectivity index (χ4v) is 5.47. The summed E-state index contributed by atoms with van der Waals surface area (Å²) in [5.74, 6) is -0.258. The minimum atomic E-state index is -4.64. The van der Waals surface area contributed by atoms with Gasteiger partial charge < -0.3 is 29.7 Å². The number of unbranched alkanes of at least 4 members (excludes halogenated alkanes) is 7. The van der Waals surface area contributed by atoms with Gasteiger partial charge >= 0.3 is 19.8 Å². The lowest BCUT2D eigenvalue weighted by molar-refractivity contribution is -0.161. The normalized spacial score (nSPS) is 15.8. The van der Waals surface area contributed by atoms with Crippen LogP contribution in [0.3, 0.4) is 0 Å². The maximum absolute atomic E-state index is 12.5. The molecule has 0 aromatic carbocycles. The monoisotopic (exact) mass is 744 g/mol. The van der Waals surface area contributed by atoms with Gasteiger partial charge in [-0.05, 0) is 50.9 Å². The van der Waals surface area contributed by atoms with Gasteiger partial charge in [-0.2, -0.15) is 0 Å². The van der Waals surface area contributed by atoms with Crippen LogP contribution in [0.25, 0.3) is 0 Å². The summed E-state index contributed by atoms with van der Waals surface area (Å²) in [5.41, 5.74) is 0. The summed E-state index contributed by atoms with van der Waals surface area (Å²) in [4.78, 5) is 34.8. The molecule has 5 atom stereocenters. The van der Waals surface area contributed by atoms with Gasteiger partial charge in [-0.3, -0.25) is 18.6 Å². The Labute approximate surface area is 307 Å². The van der Waals surface area contributed by atoms with Crippen LogP contribution in [-0.4, -0.2) is 76.9 Å². The Morgan fingerprint density at radius 2 is 1.29 bits per heavy atom. The van der Waals surface area contributed by atoms with Crippen LogP contribution in [0.2, 0.25) is 0 Å². The number of allylic oxidation sites excluding steroid dienone is 7. The van der Waals surface area contributed by atoms with E-state index in [1.807, 2.05) is 24.3 Å². The lowest BCUT2D eigenvalue weighted by Gasteiger charge is -2.20. The van der Waals surface area contributed by atoms with Crippen LogP contribution in [0.4, 0.5) is 0 Å². The van der Waals surface area contributed by atoms with Crippen LogP contribution >= 0.6 is 7.82 Å². The first kappa shape index (κ1) is 48.9. The van der Waals surface area contributed by atoms with Crippen molar-refractivity contribution in [2.45, 2.75) is 155 Å². The zero-order valence-electron chi connectivity index (χ0n) is 31.6. The minimum absolute atomic E-state index is 0.0901. The molecule has 0 aromatic rings. The topological polar surface area (TPSA) is 169 Å². The Kier molecular flexibility index (Phi) is 32.3. The Bertz CT molecular complexity index is 1030. The van der Waals surface area contributed by atoms with Gasteiger partial charge in [-0.1, -0.05) is 127 Å². The van der Waals surface area contributed by atoms with E-state index >= 15 is 0 Å². The van der Waals surface area contributed by atoms with E-state index in [0.29, 0.717) is 19.3 Å². The quantitative estimate of drug-likeness (QED) is 0.0217. The number of carbonyl (C=O) groups excluding carboxylic acids is 2. The molecule has 11 nitrogen and oxygen atoms in total. The highest BCUT2D eigenvalue weighted by molar-refractivity contribution is 7.47. The van der Waals surface area contributed by atoms with Crippen LogP contribution in [0.1, 0.15) is 136 Å². The van der Waals surface area contributed by atoms with Crippen molar-refractivity contribution in [1.29, 1.82) is 0 Å². The fraction of sp³-hybridized carbons (Fsp3) is 0.744. The van der Waals surface area contributed by atoms with Gasteiger partial charge in [0.1, 0.15) is 12.7 Å². The van der Waals surface area contributed by atoms with Gasteiger partial charge in [0.15, 0.2) is 6.10 Å². The summed E-state index contributed by atoms with van der Waals surface area (Å²) in [5, 5.41) is 28.0. The summed E-state index contributed by atoms with van der Waals surface area (Å²) >= 11 is 0. The molecular formula is C39H69O11P. The Morgan fingerprint density at radius 3 is 1.94 bits per heavy atom. The lowest BCUT2D eigenvalue weighted by atomic mass is 10.00. The molecule has 0 saturated heterocycles. The summed E-state index contributed by atoms with van der Waals surface area (Å²) in [6.07, 6.45) is 28.7. The highest BCUT2D eigenvalue weighted by Gasteiger charge is 2.27. The van der Waals surface area contributed by atoms with E-state index < -0.39 is 51.8 Å². The predicted molar refractivity (Wildman–Crippen MR) is 202 cm³/mol. The van der Waals surface area contributed by atoms with Gasteiger partial charge in [-0.25, -0.2) is 4.57 Å². The summed E-state index contributed by atoms with van der Waals surface area (Å²) in [7, 11) is -4.64. The number of aliphatic hydroxyl groups is 3. The van der Waals surface area contributed by atoms with Crippen molar-refractivity contribution in [3.05, 3.63) is 48.6 Å². The number of aliphatic hydroxyl groups excluding tert-OH is 3. The number of esters is 2. The van der Waals surface area contributed by atoms with Crippen molar-refractivity contribution in [1.82, 2.24) is 0 Å². The van der Waals surface area contributed by atoms with Crippen molar-refractivity contribution >= 4 is 19.8 Å². The molecule has 0 fully saturated rings. The maximum Gasteiger partial charge on any atom is 0.472 e. The van der Waals surface area contributed by atoms with Gasteiger partial charge in [0.05, 0.1) is 25.9 Å². The highest BCUT2D eigenvalue weighted by atomic mass is 31.2. The molecule has 0 heterocycles. The van der Waals surface area contributed by atoms with Gasteiger partial charge in [0.2, 0.25) is 0 Å². The summed E-state index contributed by atoms with van der Waals surface area (Å²) in [6.45, 7) is 4.38. The first-order chi connectivity index (χ1) is 24.5. The fourth-order valence-electron chi connectivity index (χ4n) is 4.68. The molecule has 0 spiro atoms. The number of ether oxygens (including phenoxy) is 2. The van der Waals surface area contributed by atoms with Gasteiger partial charge in [0, 0.05) is 12.8 Å². The molecule has 0 radical (unpaired) electrons. The van der Waals surface area contributed by atoms with Crippen molar-refractivity contribution in [3.8, 4) is 0 Å². The molecule has 12 heteroatoms. The standard InChI is InChI=1S/C39H69O11P/c1-4-6-26-35(41)27-22-18-13-11-9-7-8-10-12-14-20-24-29-39(44)50-37(33-49-51(45,46)48-31-36(42)30-40)32-47-38(43)28-23-19-16-15-17-21-25-34(3)5-2/h7-8,11-14,22,27,34-37,40-42H,4-6,9-10,15-21,23-26,28-33H2,1-3H3,(H,45,46)/b8-7-,13-11-,14-12-,27-22-/t34?,35-,36+,37-/m1/s1. The first-order valence-corrected chi connectivity index (χ1v) is 20.6. The Hall–Kier alpha value is -2.11. The van der Waals surface area contributed by atoms with Crippen LogP contribution in [0.5, 0.6) is 0 Å². The van der Waals surface area contributed by atoms with Crippen molar-refractivity contribution in [2.75, 3.05) is 26.4 Å². The maximum atomic E-state index is 12.5. The largest absolute Gasteiger partial charge is 0.472 e. The Balaban J connectivity index is 4.52. The minimum Gasteiger partial charge on any atom is -0.462 e. The third kappa shape index (κ3) is 33.5. The summed E-state index contributed by atoms with van der Waals surface area (Å²) in [6, 6.07) is 0. The Morgan fingerprint density at radius 1 is 0.706 bits per heavy atom. The second-order valence-electron chi connectivity index (χ2n) is 13.0. The number of phosphoric ester groups is 1. The molecule has 0 aliphatic carbocycles. The van der Waals surface area contributed by atoms with Crippen LogP contribution in [0, 0.1) is 5.92 Å². The van der Waals surface area contributed by atoms with Crippen molar-refractivity contribution in [3.63, 3.8) is 0 Å². The van der Waals surface area contributed by atoms with E-state index in [0.717, 1.165) is 63.7 Å². The van der Waals surface area contributed by atoms with Crippen molar-refractivity contribution in [2.24, 2.45) is 5.92 Å². The number of phosphoric acid groups is 1. The number of rotatable bonds is 34. The molecule has 0 amide bonds. The molecule has 0 aromatic heterocycles. The molecule has 0 saturated carbocycles. The number of carbonyl (C=O) groups is 2. The van der Waals surface area contributed by atoms with E-state index in [4.69, 9.17) is 19.1 Å². The van der Waals surface area contributed by atoms with Crippen LogP contribution in [-0.2, 0) is 32.7 Å². The average molecular weight is 745 g/mol. The third-order valence-corrected chi connectivity index (χ3v) is 9.05. The highest BCUT2D eigenvalue weighted by Crippen LogP contribution is 2.43. The zero-order chi connectivity index (χ0) is 38.0. The number of hydrogen-bond acceptors (Lipinski definition) is 10. The molecule has 4 N–H and O–H groups in total. The van der Waals surface area contributed by atoms with Crippen molar-refractivity contribution < 1.29 is 52.9 Å². The average Bonchev–Trinajstić information content (AvgIpc) is 3.11. The van der Waals surface area contributed by atoms with E-state index in [1.165, 1.54) is 25.7 Å². The second kappa shape index (κ2) is 33.7. The molecule has 0 rings (SSSR count). The lowest BCUT2D eigenvalue weighted by Crippen LogP contribution is -2.29. The first-order valence-electron chi connectivity index (χ1n) is 19.1. The molecule has 0 bridgehead atoms. The second-order valence-corrected chi connectivity index (χ2v) is 14.5. The zero-order valence-corrected chi connectivity index (χ0v) is 32.5. The molecule has 296 valence electrons. The SMILES string of the molecule is CCCC[C@@H](O)/C=C\C/C=C\C/C=C\C/C=C\CCCC(=O)O[C@H](COC(=O)CCCCCCCCC(C)CC)COP(=O)(O)OC[C@@H](O)CO. The van der Waals surface area contributed by atoms with Gasteiger partial charge in [0.25, 0.3) is 0 Å². The number of hydrogen-bond donors (Lipinski definition) is 4. The smallest absolute Gasteiger partial charge is 0.462 e. The molecule has 0 aliphatic heterocycles. The summed E-state index contributed by atoms with van der Waals surface area (Å²) < 4.78 is 32.5. The third-order valence-electron chi connectivity index (χ3n) is 8.10. The molecule has 0 aliphatic rings. The van der Waals surface area contributed by atoms with E-state index in [9.17, 15) is 29.3 Å². The molecule has 2 unspecified atom stereocenters. The van der Waals surface area contributed by atoms with E-state index in [1.54, 1.807) is 0 Å². The van der Waals surface area contributed by atoms with Crippen LogP contribution < -0.4 is 0 Å². The molecule has 51 heavy (non-hydrogen) atoms. The van der Waals surface area contributed by atoms with E-state index in [-0.39, 0.29) is 25.6 Å². The van der Waals surface area contributed by atoms with Crippen LogP contribution in [0.15, 0.2) is 48.6 Å². The van der Waals surface area contributed by atoms with E-state index in [2.05, 4.69) is 49.6 Å². The van der Waals surface area contributed by atoms with Gasteiger partial charge in [-0.15, -0.1) is 0 Å².